The van der Waals surface area contributed by atoms with Crippen LogP contribution in [-0.4, -0.2) is 43.0 Å². The minimum atomic E-state index is -2.14. The molecule has 0 amide bonds. The zero-order valence-corrected chi connectivity index (χ0v) is 10.8. The Morgan fingerprint density at radius 1 is 1.76 bits per heavy atom. The number of nitrogens with one attached hydrogen (secondary N) is 1. The first kappa shape index (κ1) is 13.5. The molecule has 2 aromatic rings. The molecule has 3 heterocycles. The summed E-state index contributed by atoms with van der Waals surface area (Å²) in [6.45, 7) is -0.368. The predicted octanol–water partition coefficient (Wildman–Crippen LogP) is -0.677. The van der Waals surface area contributed by atoms with Crippen molar-refractivity contribution >= 4 is 17.1 Å². The summed E-state index contributed by atoms with van der Waals surface area (Å²) >= 11 is 0. The molecule has 0 unspecified atom stereocenters. The SMILES string of the molecule is C#C[C@]1(F)C[C@@H](CO)O[C@H]1n1cnc2c(=O)[nH]c(N)nc21. The van der Waals surface area contributed by atoms with Gasteiger partial charge < -0.3 is 15.6 Å². The number of alkyl halides is 1. The third-order valence-electron chi connectivity index (χ3n) is 3.38. The van der Waals surface area contributed by atoms with Gasteiger partial charge in [0.1, 0.15) is 0 Å². The van der Waals surface area contributed by atoms with Gasteiger partial charge in [-0.2, -0.15) is 4.98 Å². The number of rotatable bonds is 2. The van der Waals surface area contributed by atoms with Gasteiger partial charge in [0.05, 0.1) is 19.0 Å². The quantitative estimate of drug-likeness (QED) is 0.631. The molecule has 9 heteroatoms. The van der Waals surface area contributed by atoms with Crippen molar-refractivity contribution in [2.75, 3.05) is 12.3 Å². The number of aliphatic hydroxyl groups excluding tert-OH is 1. The summed E-state index contributed by atoms with van der Waals surface area (Å²) in [4.78, 5) is 21.8. The Balaban J connectivity index is 2.16. The lowest BCUT2D eigenvalue weighted by atomic mass is 10.0. The highest BCUT2D eigenvalue weighted by Gasteiger charge is 2.50. The molecule has 3 rings (SSSR count). The minimum absolute atomic E-state index is 0.000352. The molecular formula is C12H12FN5O3. The molecule has 0 radical (unpaired) electrons. The topological polar surface area (TPSA) is 119 Å². The van der Waals surface area contributed by atoms with Crippen LogP contribution in [0, 0.1) is 12.3 Å². The van der Waals surface area contributed by atoms with E-state index in [2.05, 4.69) is 15.0 Å². The smallest absolute Gasteiger partial charge is 0.280 e. The number of aromatic nitrogens is 4. The largest absolute Gasteiger partial charge is 0.394 e. The van der Waals surface area contributed by atoms with Gasteiger partial charge >= 0.3 is 0 Å². The number of H-pyrrole nitrogens is 1. The molecule has 2 aromatic heterocycles. The lowest BCUT2D eigenvalue weighted by molar-refractivity contribution is -0.0472. The Hall–Kier alpha value is -2.44. The zero-order chi connectivity index (χ0) is 15.2. The Morgan fingerprint density at radius 2 is 2.52 bits per heavy atom. The summed E-state index contributed by atoms with van der Waals surface area (Å²) in [6.07, 6.45) is 4.32. The van der Waals surface area contributed by atoms with Gasteiger partial charge in [0.2, 0.25) is 11.6 Å². The number of terminal acetylenes is 1. The fourth-order valence-corrected chi connectivity index (χ4v) is 2.41. The molecule has 1 aliphatic heterocycles. The van der Waals surface area contributed by atoms with E-state index in [0.717, 1.165) is 0 Å². The van der Waals surface area contributed by atoms with Crippen molar-refractivity contribution in [3.63, 3.8) is 0 Å². The van der Waals surface area contributed by atoms with Gasteiger partial charge in [0.25, 0.3) is 5.56 Å². The first-order chi connectivity index (χ1) is 9.98. The highest BCUT2D eigenvalue weighted by Crippen LogP contribution is 2.41. The van der Waals surface area contributed by atoms with E-state index in [1.54, 1.807) is 0 Å². The van der Waals surface area contributed by atoms with E-state index in [1.807, 2.05) is 5.92 Å². The van der Waals surface area contributed by atoms with E-state index in [4.69, 9.17) is 22.0 Å². The van der Waals surface area contributed by atoms with Crippen molar-refractivity contribution in [2.24, 2.45) is 0 Å². The monoisotopic (exact) mass is 293 g/mol. The highest BCUT2D eigenvalue weighted by molar-refractivity contribution is 5.70. The molecule has 8 nitrogen and oxygen atoms in total. The predicted molar refractivity (Wildman–Crippen MR) is 70.8 cm³/mol. The number of anilines is 1. The van der Waals surface area contributed by atoms with Crippen LogP contribution in [0.3, 0.4) is 0 Å². The molecule has 0 saturated carbocycles. The van der Waals surface area contributed by atoms with E-state index in [0.29, 0.717) is 0 Å². The number of hydrogen-bond donors (Lipinski definition) is 3. The van der Waals surface area contributed by atoms with E-state index < -0.39 is 23.6 Å². The van der Waals surface area contributed by atoms with Crippen molar-refractivity contribution in [3.8, 4) is 12.3 Å². The summed E-state index contributed by atoms with van der Waals surface area (Å²) in [5.41, 5.74) is 2.87. The molecule has 4 N–H and O–H groups in total. The van der Waals surface area contributed by atoms with Crippen molar-refractivity contribution in [2.45, 2.75) is 24.4 Å². The second-order valence-corrected chi connectivity index (χ2v) is 4.78. The zero-order valence-electron chi connectivity index (χ0n) is 10.8. The average molecular weight is 293 g/mol. The number of fused-ring (bicyclic) bond motifs is 1. The van der Waals surface area contributed by atoms with Crippen LogP contribution in [0.2, 0.25) is 0 Å². The lowest BCUT2D eigenvalue weighted by Crippen LogP contribution is -2.29. The normalized spacial score (nSPS) is 28.8. The molecule has 1 aliphatic rings. The molecule has 1 fully saturated rings. The summed E-state index contributed by atoms with van der Waals surface area (Å²) in [7, 11) is 0. The minimum Gasteiger partial charge on any atom is -0.394 e. The number of imidazole rings is 1. The Morgan fingerprint density at radius 3 is 3.19 bits per heavy atom. The van der Waals surface area contributed by atoms with Gasteiger partial charge in [0.15, 0.2) is 17.4 Å². The van der Waals surface area contributed by atoms with Gasteiger partial charge in [-0.15, -0.1) is 6.42 Å². The molecule has 0 bridgehead atoms. The van der Waals surface area contributed by atoms with Crippen LogP contribution in [0.25, 0.3) is 11.2 Å². The third-order valence-corrected chi connectivity index (χ3v) is 3.38. The van der Waals surface area contributed by atoms with Crippen LogP contribution >= 0.6 is 0 Å². The van der Waals surface area contributed by atoms with Crippen LogP contribution < -0.4 is 11.3 Å². The molecule has 1 saturated heterocycles. The van der Waals surface area contributed by atoms with Gasteiger partial charge in [0, 0.05) is 6.42 Å². The number of aromatic amines is 1. The van der Waals surface area contributed by atoms with Crippen molar-refractivity contribution < 1.29 is 14.2 Å². The van der Waals surface area contributed by atoms with Crippen molar-refractivity contribution in [1.29, 1.82) is 0 Å². The van der Waals surface area contributed by atoms with E-state index >= 15 is 0 Å². The van der Waals surface area contributed by atoms with Gasteiger partial charge in [-0.1, -0.05) is 5.92 Å². The van der Waals surface area contributed by atoms with Crippen LogP contribution in [0.4, 0.5) is 10.3 Å². The van der Waals surface area contributed by atoms with Gasteiger partial charge in [-0.25, -0.2) is 9.37 Å². The number of nitrogens with zero attached hydrogens (tertiary/aromatic N) is 3. The number of hydrogen-bond acceptors (Lipinski definition) is 6. The maximum absolute atomic E-state index is 14.8. The Bertz CT molecular complexity index is 794. The van der Waals surface area contributed by atoms with E-state index in [-0.39, 0.29) is 30.1 Å². The lowest BCUT2D eigenvalue weighted by Gasteiger charge is -2.21. The van der Waals surface area contributed by atoms with Crippen LogP contribution in [0.5, 0.6) is 0 Å². The average Bonchev–Trinajstić information content (AvgIpc) is 3.00. The van der Waals surface area contributed by atoms with E-state index in [9.17, 15) is 9.18 Å². The third kappa shape index (κ3) is 1.96. The number of ether oxygens (including phenoxy) is 1. The fraction of sp³-hybridized carbons (Fsp3) is 0.417. The molecule has 110 valence electrons. The number of nitrogen functional groups attached to an aromatic ring is 1. The molecule has 0 aromatic carbocycles. The van der Waals surface area contributed by atoms with Crippen LogP contribution in [-0.2, 0) is 4.74 Å². The number of halogens is 1. The van der Waals surface area contributed by atoms with Gasteiger partial charge in [-0.3, -0.25) is 14.3 Å². The molecule has 0 aliphatic carbocycles. The fourth-order valence-electron chi connectivity index (χ4n) is 2.41. The standard InChI is InChI=1S/C12H12FN5O3/c1-2-12(13)3-6(4-19)21-10(12)18-5-15-7-8(18)16-11(14)17-9(7)20/h1,5-6,10,19H,3-4H2,(H3,14,16,17,20)/t6-,10+,12-/m0/s1. The maximum atomic E-state index is 14.8. The number of aliphatic hydroxyl groups is 1. The summed E-state index contributed by atoms with van der Waals surface area (Å²) < 4.78 is 21.4. The molecule has 21 heavy (non-hydrogen) atoms. The Kier molecular flexibility index (Phi) is 2.93. The molecular weight excluding hydrogens is 281 g/mol. The van der Waals surface area contributed by atoms with Crippen molar-refractivity contribution in [3.05, 3.63) is 16.7 Å². The first-order valence-electron chi connectivity index (χ1n) is 6.14. The maximum Gasteiger partial charge on any atom is 0.280 e. The summed E-state index contributed by atoms with van der Waals surface area (Å²) in [5.74, 6) is 1.91. The highest BCUT2D eigenvalue weighted by atomic mass is 19.1. The summed E-state index contributed by atoms with van der Waals surface area (Å²) in [6, 6.07) is 0. The molecule has 0 spiro atoms. The van der Waals surface area contributed by atoms with Gasteiger partial charge in [-0.05, 0) is 0 Å². The van der Waals surface area contributed by atoms with Crippen molar-refractivity contribution in [1.82, 2.24) is 19.5 Å². The Labute approximate surface area is 117 Å². The number of nitrogens with two attached hydrogens (primary N) is 1. The molecule has 3 atom stereocenters. The second kappa shape index (κ2) is 4.54. The van der Waals surface area contributed by atoms with E-state index in [1.165, 1.54) is 10.9 Å². The van der Waals surface area contributed by atoms with Crippen LogP contribution in [0.15, 0.2) is 11.1 Å². The second-order valence-electron chi connectivity index (χ2n) is 4.78. The first-order valence-corrected chi connectivity index (χ1v) is 6.14. The summed E-state index contributed by atoms with van der Waals surface area (Å²) in [5, 5.41) is 9.13. The van der Waals surface area contributed by atoms with Crippen LogP contribution in [0.1, 0.15) is 12.6 Å².